The van der Waals surface area contributed by atoms with E-state index in [1.54, 1.807) is 13.8 Å². The molecular weight excluding hydrogens is 300 g/mol. The average molecular weight is 316 g/mol. The van der Waals surface area contributed by atoms with Crippen LogP contribution in [0.5, 0.6) is 0 Å². The lowest BCUT2D eigenvalue weighted by molar-refractivity contribution is -0.384. The van der Waals surface area contributed by atoms with Gasteiger partial charge in [0.15, 0.2) is 0 Å². The number of rotatable bonds is 6. The van der Waals surface area contributed by atoms with E-state index in [-0.39, 0.29) is 29.2 Å². The summed E-state index contributed by atoms with van der Waals surface area (Å²) in [6.07, 6.45) is 0. The summed E-state index contributed by atoms with van der Waals surface area (Å²) in [4.78, 5) is 21.5. The van der Waals surface area contributed by atoms with Gasteiger partial charge in [0, 0.05) is 25.2 Å². The van der Waals surface area contributed by atoms with E-state index in [2.05, 4.69) is 4.74 Å². The highest BCUT2D eigenvalue weighted by Crippen LogP contribution is 2.25. The van der Waals surface area contributed by atoms with Crippen LogP contribution in [-0.2, 0) is 14.8 Å². The summed E-state index contributed by atoms with van der Waals surface area (Å²) in [5, 5.41) is 10.8. The van der Waals surface area contributed by atoms with E-state index in [0.717, 1.165) is 29.6 Å². The number of nitrogens with zero attached hydrogens (tertiary/aromatic N) is 2. The standard InChI is InChI=1S/C12H16N2O6S/c1-4-13(5-2)21(18,19)11-7-6-9(14(16)17)8-10(11)12(15)20-3/h6-8H,4-5H2,1-3H3. The SMILES string of the molecule is CCN(CC)S(=O)(=O)c1ccc([N+](=O)[O-])cc1C(=O)OC. The van der Waals surface area contributed by atoms with E-state index >= 15 is 0 Å². The number of nitro benzene ring substituents is 1. The van der Waals surface area contributed by atoms with Crippen molar-refractivity contribution >= 4 is 21.7 Å². The van der Waals surface area contributed by atoms with E-state index in [0.29, 0.717) is 0 Å². The molecule has 0 unspecified atom stereocenters. The first-order chi connectivity index (χ1) is 9.79. The van der Waals surface area contributed by atoms with Crippen molar-refractivity contribution in [3.8, 4) is 0 Å². The fourth-order valence-electron chi connectivity index (χ4n) is 1.83. The minimum absolute atomic E-state index is 0.219. The fraction of sp³-hybridized carbons (Fsp3) is 0.417. The van der Waals surface area contributed by atoms with Gasteiger partial charge in [0.25, 0.3) is 5.69 Å². The third-order valence-electron chi connectivity index (χ3n) is 2.90. The Morgan fingerprint density at radius 1 is 1.33 bits per heavy atom. The topological polar surface area (TPSA) is 107 Å². The molecule has 0 saturated heterocycles. The van der Waals surface area contributed by atoms with Crippen molar-refractivity contribution in [2.45, 2.75) is 18.7 Å². The van der Waals surface area contributed by atoms with Gasteiger partial charge >= 0.3 is 5.97 Å². The normalized spacial score (nSPS) is 11.4. The highest BCUT2D eigenvalue weighted by molar-refractivity contribution is 7.89. The zero-order valence-corrected chi connectivity index (χ0v) is 12.7. The molecule has 0 radical (unpaired) electrons. The molecule has 0 saturated carbocycles. The number of hydrogen-bond donors (Lipinski definition) is 0. The third kappa shape index (κ3) is 3.37. The largest absolute Gasteiger partial charge is 0.465 e. The van der Waals surface area contributed by atoms with Crippen LogP contribution in [0, 0.1) is 10.1 Å². The number of hydrogen-bond acceptors (Lipinski definition) is 6. The molecular formula is C12H16N2O6S. The number of sulfonamides is 1. The second-order valence-electron chi connectivity index (χ2n) is 4.02. The summed E-state index contributed by atoms with van der Waals surface area (Å²) in [5.41, 5.74) is -0.729. The van der Waals surface area contributed by atoms with Crippen LogP contribution in [0.2, 0.25) is 0 Å². The molecule has 0 amide bonds. The maximum absolute atomic E-state index is 12.5. The number of non-ortho nitro benzene ring substituents is 1. The highest BCUT2D eigenvalue weighted by Gasteiger charge is 2.29. The van der Waals surface area contributed by atoms with Gasteiger partial charge in [-0.1, -0.05) is 13.8 Å². The predicted molar refractivity (Wildman–Crippen MR) is 74.5 cm³/mol. The molecule has 116 valence electrons. The number of carbonyl (C=O) groups is 1. The van der Waals surface area contributed by atoms with Gasteiger partial charge in [0.05, 0.1) is 22.5 Å². The van der Waals surface area contributed by atoms with Crippen LogP contribution < -0.4 is 0 Å². The van der Waals surface area contributed by atoms with Gasteiger partial charge in [-0.15, -0.1) is 0 Å². The molecule has 1 aromatic rings. The maximum Gasteiger partial charge on any atom is 0.339 e. The van der Waals surface area contributed by atoms with Crippen LogP contribution in [0.25, 0.3) is 0 Å². The van der Waals surface area contributed by atoms with Crippen LogP contribution in [0.15, 0.2) is 23.1 Å². The summed E-state index contributed by atoms with van der Waals surface area (Å²) < 4.78 is 30.6. The summed E-state index contributed by atoms with van der Waals surface area (Å²) in [7, 11) is -2.84. The zero-order chi connectivity index (χ0) is 16.2. The molecule has 21 heavy (non-hydrogen) atoms. The number of esters is 1. The smallest absolute Gasteiger partial charge is 0.339 e. The first-order valence-electron chi connectivity index (χ1n) is 6.16. The number of benzene rings is 1. The van der Waals surface area contributed by atoms with Crippen LogP contribution in [0.4, 0.5) is 5.69 Å². The second-order valence-corrected chi connectivity index (χ2v) is 5.92. The Hall–Kier alpha value is -2.00. The zero-order valence-electron chi connectivity index (χ0n) is 11.9. The van der Waals surface area contributed by atoms with E-state index < -0.39 is 20.9 Å². The molecule has 0 heterocycles. The van der Waals surface area contributed by atoms with E-state index in [4.69, 9.17) is 0 Å². The Kier molecular flexibility index (Phi) is 5.39. The maximum atomic E-state index is 12.5. The molecule has 0 fully saturated rings. The van der Waals surface area contributed by atoms with E-state index in [1.165, 1.54) is 0 Å². The number of nitro groups is 1. The molecule has 0 aliphatic rings. The summed E-state index contributed by atoms with van der Waals surface area (Å²) >= 11 is 0. The lowest BCUT2D eigenvalue weighted by Gasteiger charge is -2.19. The molecule has 0 aliphatic carbocycles. The Bertz CT molecular complexity index is 652. The van der Waals surface area contributed by atoms with Crippen molar-refractivity contribution in [1.82, 2.24) is 4.31 Å². The molecule has 1 aromatic carbocycles. The van der Waals surface area contributed by atoms with E-state index in [9.17, 15) is 23.3 Å². The van der Waals surface area contributed by atoms with E-state index in [1.807, 2.05) is 0 Å². The molecule has 8 nitrogen and oxygen atoms in total. The van der Waals surface area contributed by atoms with Crippen LogP contribution in [0.1, 0.15) is 24.2 Å². The van der Waals surface area contributed by atoms with Gasteiger partial charge in [-0.2, -0.15) is 4.31 Å². The van der Waals surface area contributed by atoms with Gasteiger partial charge < -0.3 is 4.74 Å². The second kappa shape index (κ2) is 6.64. The quantitative estimate of drug-likeness (QED) is 0.446. The molecule has 0 aliphatic heterocycles. The Morgan fingerprint density at radius 3 is 2.33 bits per heavy atom. The van der Waals surface area contributed by atoms with Crippen molar-refractivity contribution in [3.63, 3.8) is 0 Å². The third-order valence-corrected chi connectivity index (χ3v) is 5.01. The average Bonchev–Trinajstić information content (AvgIpc) is 2.46. The van der Waals surface area contributed by atoms with Crippen LogP contribution >= 0.6 is 0 Å². The van der Waals surface area contributed by atoms with Crippen molar-refractivity contribution in [2.75, 3.05) is 20.2 Å². The van der Waals surface area contributed by atoms with Gasteiger partial charge in [-0.3, -0.25) is 10.1 Å². The van der Waals surface area contributed by atoms with Gasteiger partial charge in [0.1, 0.15) is 0 Å². The van der Waals surface area contributed by atoms with Crippen LogP contribution in [-0.4, -0.2) is 43.8 Å². The molecule has 1 rings (SSSR count). The Balaban J connectivity index is 3.55. The van der Waals surface area contributed by atoms with Crippen LogP contribution in [0.3, 0.4) is 0 Å². The lowest BCUT2D eigenvalue weighted by Crippen LogP contribution is -2.31. The Labute approximate surface area is 122 Å². The highest BCUT2D eigenvalue weighted by atomic mass is 32.2. The predicted octanol–water partition coefficient (Wildman–Crippen LogP) is 1.41. The van der Waals surface area contributed by atoms with Crippen molar-refractivity contribution in [2.24, 2.45) is 0 Å². The molecule has 0 aromatic heterocycles. The van der Waals surface area contributed by atoms with Gasteiger partial charge in [-0.25, -0.2) is 13.2 Å². The molecule has 0 N–H and O–H groups in total. The van der Waals surface area contributed by atoms with Gasteiger partial charge in [0.2, 0.25) is 10.0 Å². The number of carbonyl (C=O) groups excluding carboxylic acids is 1. The minimum atomic E-state index is -3.92. The first kappa shape index (κ1) is 17.1. The molecule has 9 heteroatoms. The monoisotopic (exact) mass is 316 g/mol. The number of ether oxygens (including phenoxy) is 1. The van der Waals surface area contributed by atoms with Crippen molar-refractivity contribution < 1.29 is 22.9 Å². The van der Waals surface area contributed by atoms with Gasteiger partial charge in [-0.05, 0) is 6.07 Å². The Morgan fingerprint density at radius 2 is 1.90 bits per heavy atom. The number of methoxy groups -OCH3 is 1. The van der Waals surface area contributed by atoms with Crippen molar-refractivity contribution in [1.29, 1.82) is 0 Å². The molecule has 0 bridgehead atoms. The summed E-state index contributed by atoms with van der Waals surface area (Å²) in [6, 6.07) is 3.00. The summed E-state index contributed by atoms with van der Waals surface area (Å²) in [6.45, 7) is 3.75. The summed E-state index contributed by atoms with van der Waals surface area (Å²) in [5.74, 6) is -0.940. The fourth-order valence-corrected chi connectivity index (χ4v) is 3.45. The first-order valence-corrected chi connectivity index (χ1v) is 7.60. The molecule has 0 spiro atoms. The minimum Gasteiger partial charge on any atom is -0.465 e. The lowest BCUT2D eigenvalue weighted by atomic mass is 10.2. The molecule has 0 atom stereocenters. The van der Waals surface area contributed by atoms with Crippen molar-refractivity contribution in [3.05, 3.63) is 33.9 Å².